The molecule has 15 heavy (non-hydrogen) atoms. The Bertz CT molecular complexity index is 220. The van der Waals surface area contributed by atoms with Gasteiger partial charge in [0.25, 0.3) is 0 Å². The van der Waals surface area contributed by atoms with Crippen LogP contribution in [0.1, 0.15) is 40.0 Å². The quantitative estimate of drug-likeness (QED) is 0.723. The van der Waals surface area contributed by atoms with E-state index in [-0.39, 0.29) is 0 Å². The molecule has 0 saturated carbocycles. The molecule has 0 aromatic heterocycles. The van der Waals surface area contributed by atoms with E-state index in [0.29, 0.717) is 30.2 Å². The molecule has 0 aromatic rings. The fraction of sp³-hybridized carbons (Fsp3) is 0.917. The zero-order chi connectivity index (χ0) is 11.4. The predicted octanol–water partition coefficient (Wildman–Crippen LogP) is 3.05. The highest BCUT2D eigenvalue weighted by Gasteiger charge is 2.33. The predicted molar refractivity (Wildman–Crippen MR) is 67.1 cm³/mol. The van der Waals surface area contributed by atoms with Crippen molar-refractivity contribution in [2.45, 2.75) is 46.1 Å². The summed E-state index contributed by atoms with van der Waals surface area (Å²) in [5.41, 5.74) is 0. The molecule has 0 radical (unpaired) electrons. The monoisotopic (exact) mass is 275 g/mol. The van der Waals surface area contributed by atoms with Crippen LogP contribution >= 0.6 is 15.9 Å². The van der Waals surface area contributed by atoms with Crippen LogP contribution in [0.15, 0.2) is 0 Å². The molecule has 0 aromatic carbocycles. The number of hydrogen-bond acceptors (Lipinski definition) is 1. The van der Waals surface area contributed by atoms with Gasteiger partial charge in [0.05, 0.1) is 0 Å². The Morgan fingerprint density at radius 3 is 2.80 bits per heavy atom. The van der Waals surface area contributed by atoms with Crippen LogP contribution in [-0.2, 0) is 4.79 Å². The van der Waals surface area contributed by atoms with E-state index in [1.807, 2.05) is 0 Å². The molecule has 1 rings (SSSR count). The Kier molecular flexibility index (Phi) is 5.10. The standard InChI is InChI=1S/C12H22BrNO/c1-4-9(2)7-12(15)14-6-5-10(3)11(14)8-13/h9-11H,4-8H2,1-3H3. The van der Waals surface area contributed by atoms with Gasteiger partial charge in [0.2, 0.25) is 5.91 Å². The number of alkyl halides is 1. The number of amides is 1. The molecule has 1 saturated heterocycles. The molecular formula is C12H22BrNO. The minimum Gasteiger partial charge on any atom is -0.339 e. The van der Waals surface area contributed by atoms with E-state index in [1.54, 1.807) is 0 Å². The van der Waals surface area contributed by atoms with Gasteiger partial charge in [-0.15, -0.1) is 0 Å². The normalized spacial score (nSPS) is 28.1. The van der Waals surface area contributed by atoms with Gasteiger partial charge in [0.15, 0.2) is 0 Å². The highest BCUT2D eigenvalue weighted by atomic mass is 79.9. The fourth-order valence-corrected chi connectivity index (χ4v) is 3.10. The summed E-state index contributed by atoms with van der Waals surface area (Å²) >= 11 is 3.51. The minimum absolute atomic E-state index is 0.346. The minimum atomic E-state index is 0.346. The third-order valence-electron chi connectivity index (χ3n) is 3.58. The molecule has 1 amide bonds. The molecule has 0 spiro atoms. The second-order valence-electron chi connectivity index (χ2n) is 4.79. The molecule has 1 aliphatic heterocycles. The summed E-state index contributed by atoms with van der Waals surface area (Å²) < 4.78 is 0. The zero-order valence-corrected chi connectivity index (χ0v) is 11.6. The Hall–Kier alpha value is -0.0500. The maximum atomic E-state index is 12.0. The van der Waals surface area contributed by atoms with Gasteiger partial charge >= 0.3 is 0 Å². The van der Waals surface area contributed by atoms with Crippen LogP contribution in [0.2, 0.25) is 0 Å². The molecule has 2 nitrogen and oxygen atoms in total. The SMILES string of the molecule is CCC(C)CC(=O)N1CCC(C)C1CBr. The van der Waals surface area contributed by atoms with Gasteiger partial charge in [-0.05, 0) is 18.3 Å². The average Bonchev–Trinajstić information content (AvgIpc) is 2.59. The second kappa shape index (κ2) is 5.88. The highest BCUT2D eigenvalue weighted by Crippen LogP contribution is 2.26. The summed E-state index contributed by atoms with van der Waals surface area (Å²) in [5, 5.41) is 0.917. The van der Waals surface area contributed by atoms with Crippen LogP contribution in [0.3, 0.4) is 0 Å². The summed E-state index contributed by atoms with van der Waals surface area (Å²) in [6, 6.07) is 0.418. The summed E-state index contributed by atoms with van der Waals surface area (Å²) in [5.74, 6) is 1.51. The molecule has 0 aliphatic carbocycles. The van der Waals surface area contributed by atoms with Crippen molar-refractivity contribution in [2.24, 2.45) is 11.8 Å². The molecule has 1 fully saturated rings. The third kappa shape index (κ3) is 3.20. The van der Waals surface area contributed by atoms with Crippen molar-refractivity contribution in [3.8, 4) is 0 Å². The van der Waals surface area contributed by atoms with Gasteiger partial charge in [-0.1, -0.05) is 43.1 Å². The van der Waals surface area contributed by atoms with Gasteiger partial charge in [-0.2, -0.15) is 0 Å². The maximum absolute atomic E-state index is 12.0. The lowest BCUT2D eigenvalue weighted by Crippen LogP contribution is -2.39. The Labute approximate surface area is 102 Å². The van der Waals surface area contributed by atoms with Crippen LogP contribution < -0.4 is 0 Å². The van der Waals surface area contributed by atoms with Crippen molar-refractivity contribution >= 4 is 21.8 Å². The van der Waals surface area contributed by atoms with Crippen LogP contribution in [-0.4, -0.2) is 28.7 Å². The summed E-state index contributed by atoms with van der Waals surface area (Å²) in [4.78, 5) is 14.1. The smallest absolute Gasteiger partial charge is 0.223 e. The summed E-state index contributed by atoms with van der Waals surface area (Å²) in [6.07, 6.45) is 2.96. The lowest BCUT2D eigenvalue weighted by Gasteiger charge is -2.26. The Morgan fingerprint density at radius 1 is 1.60 bits per heavy atom. The van der Waals surface area contributed by atoms with Gasteiger partial charge < -0.3 is 4.90 Å². The lowest BCUT2D eigenvalue weighted by atomic mass is 10.0. The van der Waals surface area contributed by atoms with E-state index < -0.39 is 0 Å². The third-order valence-corrected chi connectivity index (χ3v) is 4.24. The molecule has 0 bridgehead atoms. The maximum Gasteiger partial charge on any atom is 0.223 e. The first-order valence-electron chi connectivity index (χ1n) is 5.95. The number of carbonyl (C=O) groups excluding carboxylic acids is 1. The average molecular weight is 276 g/mol. The molecule has 3 heteroatoms. The Balaban J connectivity index is 2.52. The van der Waals surface area contributed by atoms with E-state index in [2.05, 4.69) is 41.6 Å². The van der Waals surface area contributed by atoms with E-state index in [0.717, 1.165) is 24.7 Å². The van der Waals surface area contributed by atoms with Crippen LogP contribution in [0, 0.1) is 11.8 Å². The molecular weight excluding hydrogens is 254 g/mol. The largest absolute Gasteiger partial charge is 0.339 e. The number of nitrogens with zero attached hydrogens (tertiary/aromatic N) is 1. The molecule has 88 valence electrons. The van der Waals surface area contributed by atoms with Gasteiger partial charge in [0.1, 0.15) is 0 Å². The van der Waals surface area contributed by atoms with Crippen molar-refractivity contribution in [2.75, 3.05) is 11.9 Å². The van der Waals surface area contributed by atoms with Gasteiger partial charge in [0, 0.05) is 24.3 Å². The first kappa shape index (κ1) is 13.0. The first-order valence-corrected chi connectivity index (χ1v) is 7.07. The van der Waals surface area contributed by atoms with Crippen molar-refractivity contribution in [1.82, 2.24) is 4.90 Å². The summed E-state index contributed by atoms with van der Waals surface area (Å²) in [6.45, 7) is 7.49. The number of carbonyl (C=O) groups is 1. The van der Waals surface area contributed by atoms with Crippen molar-refractivity contribution in [3.05, 3.63) is 0 Å². The molecule has 1 heterocycles. The fourth-order valence-electron chi connectivity index (χ4n) is 2.11. The van der Waals surface area contributed by atoms with Gasteiger partial charge in [-0.25, -0.2) is 0 Å². The van der Waals surface area contributed by atoms with Crippen molar-refractivity contribution in [1.29, 1.82) is 0 Å². The molecule has 3 atom stereocenters. The van der Waals surface area contributed by atoms with Crippen molar-refractivity contribution in [3.63, 3.8) is 0 Å². The second-order valence-corrected chi connectivity index (χ2v) is 5.44. The summed E-state index contributed by atoms with van der Waals surface area (Å²) in [7, 11) is 0. The lowest BCUT2D eigenvalue weighted by molar-refractivity contribution is -0.132. The van der Waals surface area contributed by atoms with Crippen LogP contribution in [0.4, 0.5) is 0 Å². The van der Waals surface area contributed by atoms with Crippen LogP contribution in [0.25, 0.3) is 0 Å². The number of likely N-dealkylation sites (tertiary alicyclic amines) is 1. The zero-order valence-electron chi connectivity index (χ0n) is 10.0. The van der Waals surface area contributed by atoms with E-state index in [4.69, 9.17) is 0 Å². The number of hydrogen-bond donors (Lipinski definition) is 0. The molecule has 0 N–H and O–H groups in total. The Morgan fingerprint density at radius 2 is 2.27 bits per heavy atom. The molecule has 3 unspecified atom stereocenters. The first-order chi connectivity index (χ1) is 7.10. The van der Waals surface area contributed by atoms with Crippen LogP contribution in [0.5, 0.6) is 0 Å². The van der Waals surface area contributed by atoms with Gasteiger partial charge in [-0.3, -0.25) is 4.79 Å². The van der Waals surface area contributed by atoms with E-state index in [1.165, 1.54) is 0 Å². The van der Waals surface area contributed by atoms with E-state index in [9.17, 15) is 4.79 Å². The number of rotatable bonds is 4. The highest BCUT2D eigenvalue weighted by molar-refractivity contribution is 9.09. The topological polar surface area (TPSA) is 20.3 Å². The van der Waals surface area contributed by atoms with E-state index >= 15 is 0 Å². The number of halogens is 1. The molecule has 1 aliphatic rings. The van der Waals surface area contributed by atoms with Crippen molar-refractivity contribution < 1.29 is 4.79 Å².